The summed E-state index contributed by atoms with van der Waals surface area (Å²) in [5, 5.41) is 6.81. The minimum absolute atomic E-state index is 0.624. The summed E-state index contributed by atoms with van der Waals surface area (Å²) in [5.74, 6) is 0. The highest BCUT2D eigenvalue weighted by atomic mass is 79.9. The van der Waals surface area contributed by atoms with E-state index in [1.54, 1.807) is 0 Å². The third-order valence-corrected chi connectivity index (χ3v) is 2.91. The number of aromatic nitrogens is 1. The molecular weight excluding hydrogens is 242 g/mol. The summed E-state index contributed by atoms with van der Waals surface area (Å²) in [5.41, 5.74) is 1.09. The molecule has 1 aliphatic heterocycles. The lowest BCUT2D eigenvalue weighted by Crippen LogP contribution is -2.29. The fourth-order valence-corrected chi connectivity index (χ4v) is 1.89. The second-order valence-corrected chi connectivity index (χ2v) is 4.36. The van der Waals surface area contributed by atoms with E-state index in [9.17, 15) is 0 Å². The summed E-state index contributed by atoms with van der Waals surface area (Å²) < 4.78 is 0.877. The Morgan fingerprint density at radius 2 is 2.50 bits per heavy atom. The smallest absolute Gasteiger partial charge is 0.106 e. The number of hydrogen-bond donors (Lipinski definition) is 2. The Labute approximate surface area is 92.4 Å². The first kappa shape index (κ1) is 9.93. The van der Waals surface area contributed by atoms with Crippen LogP contribution in [0.1, 0.15) is 12.8 Å². The first-order valence-corrected chi connectivity index (χ1v) is 5.73. The Bertz CT molecular complexity index is 280. The standard InChI is InChI=1S/C10H14BrN3/c11-10-4-3-9(7-14-10)13-6-8-2-1-5-12-8/h3-4,7-8,12-13H,1-2,5-6H2. The molecule has 3 nitrogen and oxygen atoms in total. The monoisotopic (exact) mass is 255 g/mol. The summed E-state index contributed by atoms with van der Waals surface area (Å²) >= 11 is 3.31. The number of rotatable bonds is 3. The molecule has 1 aromatic heterocycles. The van der Waals surface area contributed by atoms with Crippen LogP contribution in [-0.2, 0) is 0 Å². The third kappa shape index (κ3) is 2.69. The van der Waals surface area contributed by atoms with Crippen LogP contribution in [0.4, 0.5) is 5.69 Å². The molecule has 1 unspecified atom stereocenters. The first-order chi connectivity index (χ1) is 6.84. The largest absolute Gasteiger partial charge is 0.382 e. The van der Waals surface area contributed by atoms with E-state index in [0.29, 0.717) is 6.04 Å². The van der Waals surface area contributed by atoms with Crippen LogP contribution < -0.4 is 10.6 Å². The average Bonchev–Trinajstić information content (AvgIpc) is 2.70. The van der Waals surface area contributed by atoms with Crippen LogP contribution in [0.5, 0.6) is 0 Å². The van der Waals surface area contributed by atoms with Crippen LogP contribution in [0, 0.1) is 0 Å². The highest BCUT2D eigenvalue weighted by Gasteiger charge is 2.12. The van der Waals surface area contributed by atoms with Gasteiger partial charge in [-0.3, -0.25) is 0 Å². The SMILES string of the molecule is Brc1ccc(NCC2CCCN2)cn1. The van der Waals surface area contributed by atoms with Gasteiger partial charge in [0.1, 0.15) is 4.60 Å². The second-order valence-electron chi connectivity index (χ2n) is 3.54. The van der Waals surface area contributed by atoms with Crippen molar-refractivity contribution in [2.75, 3.05) is 18.4 Å². The van der Waals surface area contributed by atoms with Crippen molar-refractivity contribution in [3.63, 3.8) is 0 Å². The molecule has 2 heterocycles. The van der Waals surface area contributed by atoms with Crippen LogP contribution in [0.2, 0.25) is 0 Å². The van der Waals surface area contributed by atoms with E-state index in [2.05, 4.69) is 31.5 Å². The van der Waals surface area contributed by atoms with Gasteiger partial charge < -0.3 is 10.6 Å². The van der Waals surface area contributed by atoms with Crippen molar-refractivity contribution in [1.82, 2.24) is 10.3 Å². The molecule has 0 radical (unpaired) electrons. The minimum Gasteiger partial charge on any atom is -0.382 e. The van der Waals surface area contributed by atoms with E-state index in [4.69, 9.17) is 0 Å². The Morgan fingerprint density at radius 1 is 1.57 bits per heavy atom. The van der Waals surface area contributed by atoms with Crippen LogP contribution in [0.15, 0.2) is 22.9 Å². The highest BCUT2D eigenvalue weighted by Crippen LogP contribution is 2.11. The van der Waals surface area contributed by atoms with Crippen molar-refractivity contribution in [3.05, 3.63) is 22.9 Å². The molecule has 76 valence electrons. The van der Waals surface area contributed by atoms with Crippen LogP contribution >= 0.6 is 15.9 Å². The molecule has 0 amide bonds. The van der Waals surface area contributed by atoms with Crippen LogP contribution in [0.25, 0.3) is 0 Å². The van der Waals surface area contributed by atoms with Gasteiger partial charge >= 0.3 is 0 Å². The summed E-state index contributed by atoms with van der Waals surface area (Å²) in [6, 6.07) is 4.61. The fourth-order valence-electron chi connectivity index (χ4n) is 1.65. The first-order valence-electron chi connectivity index (χ1n) is 4.93. The Morgan fingerprint density at radius 3 is 3.14 bits per heavy atom. The molecule has 1 aromatic rings. The number of anilines is 1. The zero-order chi connectivity index (χ0) is 9.80. The van der Waals surface area contributed by atoms with Gasteiger partial charge in [-0.2, -0.15) is 0 Å². The molecule has 1 aliphatic rings. The number of pyridine rings is 1. The van der Waals surface area contributed by atoms with Gasteiger partial charge in [0.15, 0.2) is 0 Å². The van der Waals surface area contributed by atoms with E-state index < -0.39 is 0 Å². The lowest BCUT2D eigenvalue weighted by Gasteiger charge is -2.11. The predicted octanol–water partition coefficient (Wildman–Crippen LogP) is 2.01. The van der Waals surface area contributed by atoms with Crippen molar-refractivity contribution in [2.24, 2.45) is 0 Å². The zero-order valence-electron chi connectivity index (χ0n) is 7.96. The van der Waals surface area contributed by atoms with Crippen molar-refractivity contribution < 1.29 is 0 Å². The Hall–Kier alpha value is -0.610. The van der Waals surface area contributed by atoms with Crippen molar-refractivity contribution in [3.8, 4) is 0 Å². The van der Waals surface area contributed by atoms with Crippen molar-refractivity contribution in [1.29, 1.82) is 0 Å². The minimum atomic E-state index is 0.624. The molecule has 14 heavy (non-hydrogen) atoms. The normalized spacial score (nSPS) is 21.1. The molecule has 1 atom stereocenters. The topological polar surface area (TPSA) is 37.0 Å². The average molecular weight is 256 g/mol. The molecule has 1 saturated heterocycles. The maximum Gasteiger partial charge on any atom is 0.106 e. The van der Waals surface area contributed by atoms with Gasteiger partial charge in [0, 0.05) is 12.6 Å². The molecule has 0 saturated carbocycles. The van der Waals surface area contributed by atoms with E-state index in [1.165, 1.54) is 12.8 Å². The number of halogens is 1. The van der Waals surface area contributed by atoms with Crippen LogP contribution in [-0.4, -0.2) is 24.1 Å². The van der Waals surface area contributed by atoms with E-state index in [1.807, 2.05) is 18.3 Å². The van der Waals surface area contributed by atoms with E-state index in [0.717, 1.165) is 23.4 Å². The van der Waals surface area contributed by atoms with Gasteiger partial charge in [0.2, 0.25) is 0 Å². The van der Waals surface area contributed by atoms with E-state index >= 15 is 0 Å². The van der Waals surface area contributed by atoms with Gasteiger partial charge in [-0.15, -0.1) is 0 Å². The van der Waals surface area contributed by atoms with Gasteiger partial charge in [0.25, 0.3) is 0 Å². The number of nitrogens with one attached hydrogen (secondary N) is 2. The van der Waals surface area contributed by atoms with Crippen molar-refractivity contribution >= 4 is 21.6 Å². The zero-order valence-corrected chi connectivity index (χ0v) is 9.55. The van der Waals surface area contributed by atoms with Gasteiger partial charge in [-0.25, -0.2) is 4.98 Å². The van der Waals surface area contributed by atoms with Gasteiger partial charge in [-0.1, -0.05) is 0 Å². The number of nitrogens with zero attached hydrogens (tertiary/aromatic N) is 1. The summed E-state index contributed by atoms with van der Waals surface area (Å²) in [6.45, 7) is 2.15. The number of hydrogen-bond acceptors (Lipinski definition) is 3. The molecular formula is C10H14BrN3. The molecule has 2 N–H and O–H groups in total. The third-order valence-electron chi connectivity index (χ3n) is 2.44. The molecule has 0 bridgehead atoms. The highest BCUT2D eigenvalue weighted by molar-refractivity contribution is 9.10. The predicted molar refractivity (Wildman–Crippen MR) is 61.5 cm³/mol. The second kappa shape index (κ2) is 4.75. The summed E-state index contributed by atoms with van der Waals surface area (Å²) in [6.07, 6.45) is 4.42. The van der Waals surface area contributed by atoms with Gasteiger partial charge in [0.05, 0.1) is 11.9 Å². The molecule has 0 aliphatic carbocycles. The Kier molecular flexibility index (Phi) is 3.37. The lowest BCUT2D eigenvalue weighted by atomic mass is 10.2. The summed E-state index contributed by atoms with van der Waals surface area (Å²) in [4.78, 5) is 4.16. The fraction of sp³-hybridized carbons (Fsp3) is 0.500. The van der Waals surface area contributed by atoms with E-state index in [-0.39, 0.29) is 0 Å². The molecule has 0 spiro atoms. The molecule has 2 rings (SSSR count). The van der Waals surface area contributed by atoms with Gasteiger partial charge in [-0.05, 0) is 47.4 Å². The maximum atomic E-state index is 4.16. The van der Waals surface area contributed by atoms with Crippen LogP contribution in [0.3, 0.4) is 0 Å². The Balaban J connectivity index is 1.82. The quantitative estimate of drug-likeness (QED) is 0.812. The summed E-state index contributed by atoms with van der Waals surface area (Å²) in [7, 11) is 0. The lowest BCUT2D eigenvalue weighted by molar-refractivity contribution is 0.633. The molecule has 1 fully saturated rings. The maximum absolute atomic E-state index is 4.16. The van der Waals surface area contributed by atoms with Crippen molar-refractivity contribution in [2.45, 2.75) is 18.9 Å². The molecule has 4 heteroatoms. The molecule has 0 aromatic carbocycles.